The van der Waals surface area contributed by atoms with Crippen LogP contribution in [0.3, 0.4) is 0 Å². The van der Waals surface area contributed by atoms with E-state index in [1.165, 1.54) is 11.3 Å². The van der Waals surface area contributed by atoms with Gasteiger partial charge in [-0.3, -0.25) is 4.79 Å². The molecule has 0 fully saturated rings. The number of thiophene rings is 1. The fraction of sp³-hybridized carbons (Fsp3) is 0.105. The highest BCUT2D eigenvalue weighted by Crippen LogP contribution is 2.28. The number of para-hydroxylation sites is 1. The van der Waals surface area contributed by atoms with Crippen molar-refractivity contribution in [1.29, 1.82) is 0 Å². The number of aromatic nitrogens is 2. The van der Waals surface area contributed by atoms with Crippen molar-refractivity contribution in [3.63, 3.8) is 0 Å². The van der Waals surface area contributed by atoms with Gasteiger partial charge in [0.2, 0.25) is 0 Å². The van der Waals surface area contributed by atoms with Gasteiger partial charge in [0.15, 0.2) is 6.61 Å². The lowest BCUT2D eigenvalue weighted by Gasteiger charge is -2.04. The molecule has 0 aliphatic rings. The number of benzene rings is 1. The highest BCUT2D eigenvalue weighted by atomic mass is 32.1. The van der Waals surface area contributed by atoms with Crippen LogP contribution in [-0.4, -0.2) is 34.8 Å². The molecule has 26 heavy (non-hydrogen) atoms. The Morgan fingerprint density at radius 3 is 2.73 bits per heavy atom. The van der Waals surface area contributed by atoms with Gasteiger partial charge in [-0.25, -0.2) is 9.48 Å². The van der Waals surface area contributed by atoms with E-state index in [-0.39, 0.29) is 6.54 Å². The number of rotatable bonds is 6. The molecular formula is C19H15N3O3S. The molecule has 0 saturated carbocycles. The summed E-state index contributed by atoms with van der Waals surface area (Å²) in [5.74, 6) is 1.21. The highest BCUT2D eigenvalue weighted by molar-refractivity contribution is 7.13. The summed E-state index contributed by atoms with van der Waals surface area (Å²) in [7, 11) is 0. The van der Waals surface area contributed by atoms with E-state index in [0.717, 1.165) is 10.6 Å². The fourth-order valence-corrected chi connectivity index (χ4v) is 2.96. The molecule has 0 saturated heterocycles. The first-order chi connectivity index (χ1) is 12.7. The first-order valence-corrected chi connectivity index (χ1v) is 8.63. The SMILES string of the molecule is C#CCNC(=O)COC(=O)c1cn(-c2ccccc2)nc1-c1cccs1. The molecule has 6 nitrogen and oxygen atoms in total. The zero-order valence-electron chi connectivity index (χ0n) is 13.7. The van der Waals surface area contributed by atoms with Crippen LogP contribution in [0.5, 0.6) is 0 Å². The van der Waals surface area contributed by atoms with Gasteiger partial charge in [0.05, 0.1) is 17.1 Å². The first kappa shape index (κ1) is 17.5. The summed E-state index contributed by atoms with van der Waals surface area (Å²) < 4.78 is 6.72. The number of carbonyl (C=O) groups excluding carboxylic acids is 2. The molecule has 2 aromatic heterocycles. The molecule has 130 valence electrons. The van der Waals surface area contributed by atoms with Crippen LogP contribution < -0.4 is 5.32 Å². The lowest BCUT2D eigenvalue weighted by Crippen LogP contribution is -2.29. The van der Waals surface area contributed by atoms with E-state index in [9.17, 15) is 9.59 Å². The van der Waals surface area contributed by atoms with Crippen LogP contribution in [0.25, 0.3) is 16.3 Å². The minimum atomic E-state index is -0.619. The third-order valence-electron chi connectivity index (χ3n) is 3.43. The van der Waals surface area contributed by atoms with Gasteiger partial charge in [-0.15, -0.1) is 17.8 Å². The van der Waals surface area contributed by atoms with Crippen LogP contribution in [-0.2, 0) is 9.53 Å². The Morgan fingerprint density at radius 1 is 1.23 bits per heavy atom. The molecule has 3 rings (SSSR count). The van der Waals surface area contributed by atoms with E-state index in [0.29, 0.717) is 11.3 Å². The second-order valence-electron chi connectivity index (χ2n) is 5.21. The van der Waals surface area contributed by atoms with Gasteiger partial charge in [0.1, 0.15) is 11.3 Å². The van der Waals surface area contributed by atoms with Crippen molar-refractivity contribution in [1.82, 2.24) is 15.1 Å². The van der Waals surface area contributed by atoms with Gasteiger partial charge in [-0.05, 0) is 23.6 Å². The molecule has 0 atom stereocenters. The average molecular weight is 365 g/mol. The minimum absolute atomic E-state index is 0.0861. The number of esters is 1. The zero-order chi connectivity index (χ0) is 18.4. The molecule has 0 unspecified atom stereocenters. The number of terminal acetylenes is 1. The maximum atomic E-state index is 12.5. The highest BCUT2D eigenvalue weighted by Gasteiger charge is 2.21. The molecule has 0 spiro atoms. The van der Waals surface area contributed by atoms with Gasteiger partial charge >= 0.3 is 5.97 Å². The largest absolute Gasteiger partial charge is 0.452 e. The lowest BCUT2D eigenvalue weighted by atomic mass is 10.2. The maximum absolute atomic E-state index is 12.5. The predicted octanol–water partition coefficient (Wildman–Crippen LogP) is 2.51. The number of hydrogen-bond acceptors (Lipinski definition) is 5. The normalized spacial score (nSPS) is 10.1. The summed E-state index contributed by atoms with van der Waals surface area (Å²) >= 11 is 1.47. The quantitative estimate of drug-likeness (QED) is 0.538. The average Bonchev–Trinajstić information content (AvgIpc) is 3.34. The van der Waals surface area contributed by atoms with Crippen LogP contribution >= 0.6 is 11.3 Å². The Labute approximate surface area is 154 Å². The summed E-state index contributed by atoms with van der Waals surface area (Å²) in [5, 5.41) is 8.86. The van der Waals surface area contributed by atoms with Gasteiger partial charge in [0, 0.05) is 6.20 Å². The Bertz CT molecular complexity index is 940. The molecule has 3 aromatic rings. The number of nitrogens with one attached hydrogen (secondary N) is 1. The summed E-state index contributed by atoms with van der Waals surface area (Å²) in [5.41, 5.74) is 1.62. The van der Waals surface area contributed by atoms with Gasteiger partial charge in [-0.1, -0.05) is 30.2 Å². The van der Waals surface area contributed by atoms with Crippen molar-refractivity contribution in [2.24, 2.45) is 0 Å². The molecule has 7 heteroatoms. The van der Waals surface area contributed by atoms with Crippen LogP contribution in [0.4, 0.5) is 0 Å². The lowest BCUT2D eigenvalue weighted by molar-refractivity contribution is -0.123. The molecule has 2 heterocycles. The maximum Gasteiger partial charge on any atom is 0.342 e. The summed E-state index contributed by atoms with van der Waals surface area (Å²) in [6, 6.07) is 13.2. The predicted molar refractivity (Wildman–Crippen MR) is 99.0 cm³/mol. The fourth-order valence-electron chi connectivity index (χ4n) is 2.24. The number of hydrogen-bond donors (Lipinski definition) is 1. The number of ether oxygens (including phenoxy) is 1. The van der Waals surface area contributed by atoms with Crippen molar-refractivity contribution < 1.29 is 14.3 Å². The topological polar surface area (TPSA) is 73.2 Å². The summed E-state index contributed by atoms with van der Waals surface area (Å²) in [6.07, 6.45) is 6.68. The van der Waals surface area contributed by atoms with Crippen LogP contribution in [0.15, 0.2) is 54.0 Å². The summed E-state index contributed by atoms with van der Waals surface area (Å²) in [4.78, 5) is 24.9. The summed E-state index contributed by atoms with van der Waals surface area (Å²) in [6.45, 7) is -0.316. The number of amides is 1. The van der Waals surface area contributed by atoms with E-state index < -0.39 is 18.5 Å². The number of nitrogens with zero attached hydrogens (tertiary/aromatic N) is 2. The first-order valence-electron chi connectivity index (χ1n) is 7.75. The Kier molecular flexibility index (Phi) is 5.46. The Morgan fingerprint density at radius 2 is 2.04 bits per heavy atom. The third-order valence-corrected chi connectivity index (χ3v) is 4.31. The molecule has 0 aliphatic carbocycles. The van der Waals surface area contributed by atoms with Crippen molar-refractivity contribution in [2.75, 3.05) is 13.2 Å². The van der Waals surface area contributed by atoms with Crippen LogP contribution in [0, 0.1) is 12.3 Å². The second-order valence-corrected chi connectivity index (χ2v) is 6.15. The Hall–Kier alpha value is -3.37. The zero-order valence-corrected chi connectivity index (χ0v) is 14.5. The van der Waals surface area contributed by atoms with E-state index >= 15 is 0 Å². The van der Waals surface area contributed by atoms with E-state index in [1.807, 2.05) is 47.8 Å². The van der Waals surface area contributed by atoms with Gasteiger partial charge in [-0.2, -0.15) is 5.10 Å². The molecule has 1 N–H and O–H groups in total. The van der Waals surface area contributed by atoms with Crippen molar-refractivity contribution in [3.05, 3.63) is 59.6 Å². The Balaban J connectivity index is 1.85. The van der Waals surface area contributed by atoms with E-state index in [4.69, 9.17) is 11.2 Å². The van der Waals surface area contributed by atoms with Crippen LogP contribution in [0.1, 0.15) is 10.4 Å². The monoisotopic (exact) mass is 365 g/mol. The number of carbonyl (C=O) groups is 2. The van der Waals surface area contributed by atoms with Gasteiger partial charge in [0.25, 0.3) is 5.91 Å². The second kappa shape index (κ2) is 8.14. The van der Waals surface area contributed by atoms with E-state index in [1.54, 1.807) is 10.9 Å². The van der Waals surface area contributed by atoms with Crippen molar-refractivity contribution >= 4 is 23.2 Å². The smallest absolute Gasteiger partial charge is 0.342 e. The van der Waals surface area contributed by atoms with E-state index in [2.05, 4.69) is 16.3 Å². The molecule has 0 radical (unpaired) electrons. The van der Waals surface area contributed by atoms with Crippen LogP contribution in [0.2, 0.25) is 0 Å². The van der Waals surface area contributed by atoms with Gasteiger partial charge < -0.3 is 10.1 Å². The molecule has 1 amide bonds. The molecular weight excluding hydrogens is 350 g/mol. The van der Waals surface area contributed by atoms with Crippen molar-refractivity contribution in [3.8, 4) is 28.6 Å². The minimum Gasteiger partial charge on any atom is -0.452 e. The van der Waals surface area contributed by atoms with Crippen molar-refractivity contribution in [2.45, 2.75) is 0 Å². The molecule has 0 aliphatic heterocycles. The third kappa shape index (κ3) is 3.99. The molecule has 1 aromatic carbocycles. The standard InChI is InChI=1S/C19H15N3O3S/c1-2-10-20-17(23)13-25-19(24)15-12-22(14-7-4-3-5-8-14)21-18(15)16-9-6-11-26-16/h1,3-9,11-12H,10,13H2,(H,20,23). The molecule has 0 bridgehead atoms.